The number of carbonyl (C=O) groups is 1. The number of β-amino-alcohol motifs (C(OH)–C–C–N with tert-alkyl or cyclic N) is 1. The number of aliphatic hydroxyl groups excluding tert-OH is 1. The van der Waals surface area contributed by atoms with E-state index in [1.54, 1.807) is 0 Å². The van der Waals surface area contributed by atoms with Crippen molar-refractivity contribution in [2.24, 2.45) is 0 Å². The molecule has 0 bridgehead atoms. The fourth-order valence-electron chi connectivity index (χ4n) is 6.12. The molecule has 164 valence electrons. The van der Waals surface area contributed by atoms with Crippen LogP contribution < -0.4 is 0 Å². The smallest absolute Gasteiger partial charge is 0.248 e. The highest BCUT2D eigenvalue weighted by atomic mass is 19.3. The van der Waals surface area contributed by atoms with E-state index in [-0.39, 0.29) is 42.5 Å². The number of carbonyl (C=O) groups excluding carboxylic acids is 1. The van der Waals surface area contributed by atoms with Crippen LogP contribution in [0.2, 0.25) is 0 Å². The van der Waals surface area contributed by atoms with Crippen LogP contribution in [-0.2, 0) is 11.2 Å². The van der Waals surface area contributed by atoms with E-state index in [1.807, 2.05) is 35.2 Å². The first-order valence-corrected chi connectivity index (χ1v) is 11.2. The standard InChI is InChI=1S/C23H31F2N3O2/c24-23(25)8-6-18(7-9-23)27-15-22(16-27)14-26(12-19-11-20(29)13-28(19)22)21(30)10-17-4-2-1-3-5-17/h1-5,18-20,29H,6-16H2/t19-,20+/m0/s1. The van der Waals surface area contributed by atoms with E-state index in [0.717, 1.165) is 18.7 Å². The summed E-state index contributed by atoms with van der Waals surface area (Å²) < 4.78 is 27.1. The number of rotatable bonds is 3. The lowest BCUT2D eigenvalue weighted by Crippen LogP contribution is -2.79. The largest absolute Gasteiger partial charge is 0.392 e. The molecule has 1 aromatic carbocycles. The van der Waals surface area contributed by atoms with Gasteiger partial charge in [0, 0.05) is 57.6 Å². The minimum absolute atomic E-state index is 0.0199. The molecule has 0 radical (unpaired) electrons. The van der Waals surface area contributed by atoms with Crippen molar-refractivity contribution in [2.45, 2.75) is 68.2 Å². The van der Waals surface area contributed by atoms with E-state index in [4.69, 9.17) is 0 Å². The molecule has 2 atom stereocenters. The van der Waals surface area contributed by atoms with Gasteiger partial charge >= 0.3 is 0 Å². The summed E-state index contributed by atoms with van der Waals surface area (Å²) in [4.78, 5) is 19.8. The summed E-state index contributed by atoms with van der Waals surface area (Å²) in [5.41, 5.74) is 0.871. The summed E-state index contributed by atoms with van der Waals surface area (Å²) >= 11 is 0. The van der Waals surface area contributed by atoms with Gasteiger partial charge in [0.15, 0.2) is 0 Å². The van der Waals surface area contributed by atoms with Crippen molar-refractivity contribution in [2.75, 3.05) is 32.7 Å². The van der Waals surface area contributed by atoms with Crippen LogP contribution in [0.1, 0.15) is 37.7 Å². The van der Waals surface area contributed by atoms with Crippen molar-refractivity contribution in [1.29, 1.82) is 0 Å². The highest BCUT2D eigenvalue weighted by Gasteiger charge is 2.58. The number of hydrogen-bond donors (Lipinski definition) is 1. The molecular weight excluding hydrogens is 388 g/mol. The zero-order valence-corrected chi connectivity index (χ0v) is 17.4. The number of likely N-dealkylation sites (tertiary alicyclic amines) is 1. The third-order valence-corrected chi connectivity index (χ3v) is 7.67. The molecule has 0 unspecified atom stereocenters. The maximum Gasteiger partial charge on any atom is 0.248 e. The Morgan fingerprint density at radius 3 is 2.43 bits per heavy atom. The molecule has 0 aromatic heterocycles. The van der Waals surface area contributed by atoms with Crippen molar-refractivity contribution in [3.8, 4) is 0 Å². The van der Waals surface area contributed by atoms with E-state index in [0.29, 0.717) is 45.3 Å². The van der Waals surface area contributed by atoms with E-state index >= 15 is 0 Å². The Morgan fingerprint density at radius 1 is 1.03 bits per heavy atom. The molecule has 7 heteroatoms. The predicted octanol–water partition coefficient (Wildman–Crippen LogP) is 2.14. The molecule has 3 heterocycles. The van der Waals surface area contributed by atoms with Crippen LogP contribution in [-0.4, -0.2) is 88.1 Å². The van der Waals surface area contributed by atoms with Crippen LogP contribution in [0, 0.1) is 0 Å². The molecule has 3 aliphatic heterocycles. The molecule has 4 fully saturated rings. The zero-order chi connectivity index (χ0) is 20.9. The molecule has 30 heavy (non-hydrogen) atoms. The molecule has 1 saturated carbocycles. The summed E-state index contributed by atoms with van der Waals surface area (Å²) in [6.45, 7) is 3.60. The van der Waals surface area contributed by atoms with E-state index in [9.17, 15) is 18.7 Å². The second-order valence-electron chi connectivity index (χ2n) is 9.85. The first-order valence-electron chi connectivity index (χ1n) is 11.2. The lowest BCUT2D eigenvalue weighted by molar-refractivity contribution is -0.158. The van der Waals surface area contributed by atoms with Gasteiger partial charge in [-0.3, -0.25) is 14.6 Å². The van der Waals surface area contributed by atoms with Crippen molar-refractivity contribution in [1.82, 2.24) is 14.7 Å². The van der Waals surface area contributed by atoms with Gasteiger partial charge in [-0.25, -0.2) is 8.78 Å². The van der Waals surface area contributed by atoms with Crippen LogP contribution in [0.25, 0.3) is 0 Å². The van der Waals surface area contributed by atoms with Gasteiger partial charge in [0.25, 0.3) is 0 Å². The SMILES string of the molecule is O=C(Cc1ccccc1)N1C[C@@H]2C[C@@H](O)CN2C2(C1)CN(C1CCC(F)(F)CC1)C2. The number of halogens is 2. The summed E-state index contributed by atoms with van der Waals surface area (Å²) in [7, 11) is 0. The van der Waals surface area contributed by atoms with Gasteiger partial charge in [-0.1, -0.05) is 30.3 Å². The van der Waals surface area contributed by atoms with Gasteiger partial charge in [-0.2, -0.15) is 0 Å². The maximum atomic E-state index is 13.6. The minimum Gasteiger partial charge on any atom is -0.392 e. The Kier molecular flexibility index (Phi) is 5.11. The summed E-state index contributed by atoms with van der Waals surface area (Å²) in [5, 5.41) is 10.3. The monoisotopic (exact) mass is 419 g/mol. The molecule has 5 rings (SSSR count). The summed E-state index contributed by atoms with van der Waals surface area (Å²) in [5.74, 6) is -2.37. The van der Waals surface area contributed by atoms with Gasteiger partial charge in [0.05, 0.1) is 18.1 Å². The predicted molar refractivity (Wildman–Crippen MR) is 109 cm³/mol. The lowest BCUT2D eigenvalue weighted by Gasteiger charge is -2.63. The molecule has 5 nitrogen and oxygen atoms in total. The molecule has 1 aliphatic carbocycles. The lowest BCUT2D eigenvalue weighted by atomic mass is 9.80. The molecule has 1 N–H and O–H groups in total. The average Bonchev–Trinajstić information content (AvgIpc) is 3.07. The third kappa shape index (κ3) is 3.76. The van der Waals surface area contributed by atoms with Crippen LogP contribution >= 0.6 is 0 Å². The number of piperazine rings is 1. The second kappa shape index (κ2) is 7.53. The fraction of sp³-hybridized carbons (Fsp3) is 0.696. The van der Waals surface area contributed by atoms with Gasteiger partial charge in [0.2, 0.25) is 11.8 Å². The van der Waals surface area contributed by atoms with Gasteiger partial charge < -0.3 is 10.0 Å². The first kappa shape index (κ1) is 20.3. The third-order valence-electron chi connectivity index (χ3n) is 7.67. The molecule has 3 saturated heterocycles. The zero-order valence-electron chi connectivity index (χ0n) is 17.4. The number of aliphatic hydroxyl groups is 1. The Bertz CT molecular complexity index is 774. The second-order valence-corrected chi connectivity index (χ2v) is 9.85. The summed E-state index contributed by atoms with van der Waals surface area (Å²) in [6, 6.07) is 10.2. The number of fused-ring (bicyclic) bond motifs is 2. The quantitative estimate of drug-likeness (QED) is 0.816. The fourth-order valence-corrected chi connectivity index (χ4v) is 6.12. The Labute approximate surface area is 176 Å². The van der Waals surface area contributed by atoms with Crippen molar-refractivity contribution in [3.63, 3.8) is 0 Å². The molecule has 1 amide bonds. The minimum atomic E-state index is -2.51. The van der Waals surface area contributed by atoms with Gasteiger partial charge in [0.1, 0.15) is 0 Å². The Hall–Kier alpha value is -1.57. The number of hydrogen-bond acceptors (Lipinski definition) is 4. The average molecular weight is 420 g/mol. The number of nitrogens with zero attached hydrogens (tertiary/aromatic N) is 3. The van der Waals surface area contributed by atoms with E-state index < -0.39 is 5.92 Å². The van der Waals surface area contributed by atoms with Gasteiger partial charge in [-0.15, -0.1) is 0 Å². The first-order chi connectivity index (χ1) is 14.3. The van der Waals surface area contributed by atoms with Crippen LogP contribution in [0.4, 0.5) is 8.78 Å². The maximum absolute atomic E-state index is 13.6. The van der Waals surface area contributed by atoms with Crippen molar-refractivity contribution < 1.29 is 18.7 Å². The van der Waals surface area contributed by atoms with Gasteiger partial charge in [-0.05, 0) is 24.8 Å². The van der Waals surface area contributed by atoms with E-state index in [2.05, 4.69) is 9.80 Å². The van der Waals surface area contributed by atoms with E-state index in [1.165, 1.54) is 0 Å². The highest BCUT2D eigenvalue weighted by molar-refractivity contribution is 5.79. The normalized spacial score (nSPS) is 31.5. The molecular formula is C23H31F2N3O2. The molecule has 4 aliphatic rings. The Morgan fingerprint density at radius 2 is 1.73 bits per heavy atom. The number of benzene rings is 1. The summed E-state index contributed by atoms with van der Waals surface area (Å²) in [6.07, 6.45) is 1.80. The number of alkyl halides is 2. The van der Waals surface area contributed by atoms with Crippen molar-refractivity contribution in [3.05, 3.63) is 35.9 Å². The van der Waals surface area contributed by atoms with Crippen LogP contribution in [0.5, 0.6) is 0 Å². The molecule has 1 spiro atoms. The topological polar surface area (TPSA) is 47.0 Å². The number of amides is 1. The van der Waals surface area contributed by atoms with Crippen LogP contribution in [0.15, 0.2) is 30.3 Å². The molecule has 1 aromatic rings. The van der Waals surface area contributed by atoms with Crippen LogP contribution in [0.3, 0.4) is 0 Å². The highest BCUT2D eigenvalue weighted by Crippen LogP contribution is 2.43. The Balaban J connectivity index is 1.27. The van der Waals surface area contributed by atoms with Crippen molar-refractivity contribution >= 4 is 5.91 Å².